The molecule has 0 aromatic carbocycles. The van der Waals surface area contributed by atoms with Gasteiger partial charge in [-0.05, 0) is 12.8 Å². The van der Waals surface area contributed by atoms with Crippen LogP contribution in [0.3, 0.4) is 0 Å². The van der Waals surface area contributed by atoms with Crippen LogP contribution in [0.5, 0.6) is 0 Å². The maximum absolute atomic E-state index is 11.2. The van der Waals surface area contributed by atoms with Crippen LogP contribution in [0.15, 0.2) is 0 Å². The molecule has 0 heterocycles. The van der Waals surface area contributed by atoms with Gasteiger partial charge in [0, 0.05) is 13.0 Å². The molecule has 0 aromatic heterocycles. The van der Waals surface area contributed by atoms with E-state index < -0.39 is 0 Å². The van der Waals surface area contributed by atoms with Crippen molar-refractivity contribution in [1.29, 1.82) is 0 Å². The first-order valence-electron chi connectivity index (χ1n) is 18.9. The number of unbranched alkanes of at least 4 members (excludes halogenated alkanes) is 5. The quantitative estimate of drug-likeness (QED) is 0.0662. The fourth-order valence-corrected chi connectivity index (χ4v) is 4.00. The highest BCUT2D eigenvalue weighted by Crippen LogP contribution is 2.04. The Morgan fingerprint density at radius 2 is 0.520 bits per heavy atom. The Morgan fingerprint density at radius 1 is 0.280 bits per heavy atom. The highest BCUT2D eigenvalue weighted by atomic mass is 16.6. The van der Waals surface area contributed by atoms with Gasteiger partial charge in [0.2, 0.25) is 0 Å². The van der Waals surface area contributed by atoms with Crippen molar-refractivity contribution in [3.8, 4) is 0 Å². The molecular weight excluding hydrogens is 656 g/mol. The predicted molar refractivity (Wildman–Crippen MR) is 189 cm³/mol. The van der Waals surface area contributed by atoms with Gasteiger partial charge in [-0.1, -0.05) is 46.0 Å². The van der Waals surface area contributed by atoms with Crippen LogP contribution in [-0.2, 0) is 66.4 Å². The number of hydrogen-bond donors (Lipinski definition) is 0. The van der Waals surface area contributed by atoms with Gasteiger partial charge in [-0.15, -0.1) is 0 Å². The van der Waals surface area contributed by atoms with E-state index in [0.717, 1.165) is 19.4 Å². The van der Waals surface area contributed by atoms with Gasteiger partial charge in [0.15, 0.2) is 0 Å². The van der Waals surface area contributed by atoms with E-state index in [0.29, 0.717) is 158 Å². The molecule has 0 amide bonds. The lowest BCUT2D eigenvalue weighted by molar-refractivity contribution is -0.145. The molecule has 0 N–H and O–H groups in total. The Hall–Kier alpha value is -1.01. The second-order valence-corrected chi connectivity index (χ2v) is 11.1. The monoisotopic (exact) mass is 728 g/mol. The summed E-state index contributed by atoms with van der Waals surface area (Å²) in [6, 6.07) is 0. The Bertz CT molecular complexity index is 632. The van der Waals surface area contributed by atoms with E-state index in [-0.39, 0.29) is 12.6 Å². The summed E-state index contributed by atoms with van der Waals surface area (Å²) in [5.74, 6) is -0.188. The third-order valence-electron chi connectivity index (χ3n) is 6.68. The third kappa shape index (κ3) is 45.0. The van der Waals surface area contributed by atoms with E-state index in [9.17, 15) is 4.79 Å². The summed E-state index contributed by atoms with van der Waals surface area (Å²) in [5, 5.41) is 0. The molecule has 0 rings (SSSR count). The van der Waals surface area contributed by atoms with Crippen LogP contribution in [0, 0.1) is 0 Å². The highest BCUT2D eigenvalue weighted by molar-refractivity contribution is 5.69. The van der Waals surface area contributed by atoms with Crippen molar-refractivity contribution in [2.24, 2.45) is 0 Å². The van der Waals surface area contributed by atoms with Gasteiger partial charge in [-0.25, -0.2) is 0 Å². The molecule has 14 heteroatoms. The average Bonchev–Trinajstić information content (AvgIpc) is 3.12. The molecule has 14 nitrogen and oxygen atoms in total. The van der Waals surface area contributed by atoms with Gasteiger partial charge in [0.05, 0.1) is 152 Å². The minimum Gasteiger partial charge on any atom is -0.463 e. The van der Waals surface area contributed by atoms with Crippen molar-refractivity contribution in [3.63, 3.8) is 0 Å². The summed E-state index contributed by atoms with van der Waals surface area (Å²) in [5.41, 5.74) is 0. The standard InChI is InChI=1S/C36H72O14/c1-3-5-6-7-8-9-11-38-12-13-39-14-15-40-16-17-41-18-19-42-20-21-43-22-23-44-24-25-45-26-27-46-28-29-47-30-31-48-32-33-49-34-35-50-36(37)10-4-2/h3-35H2,1-2H3. The first-order chi connectivity index (χ1) is 24.8. The van der Waals surface area contributed by atoms with Crippen LogP contribution in [0.4, 0.5) is 0 Å². The SMILES string of the molecule is CCCCCCCCOCCOCCOCCOCCOCCOCCOCCOCCOCCOCCOCCOCCOC(=O)CCC. The smallest absolute Gasteiger partial charge is 0.305 e. The molecule has 0 aliphatic rings. The van der Waals surface area contributed by atoms with Crippen LogP contribution >= 0.6 is 0 Å². The number of hydrogen-bond acceptors (Lipinski definition) is 14. The third-order valence-corrected chi connectivity index (χ3v) is 6.68. The van der Waals surface area contributed by atoms with E-state index in [4.69, 9.17) is 61.6 Å². The predicted octanol–water partition coefficient (Wildman–Crippen LogP) is 3.89. The summed E-state index contributed by atoms with van der Waals surface area (Å²) < 4.78 is 70.7. The fraction of sp³-hybridized carbons (Fsp3) is 0.972. The summed E-state index contributed by atoms with van der Waals surface area (Å²) in [6.45, 7) is 17.0. The number of carbonyl (C=O) groups is 1. The molecule has 0 saturated heterocycles. The second-order valence-electron chi connectivity index (χ2n) is 11.1. The summed E-state index contributed by atoms with van der Waals surface area (Å²) in [4.78, 5) is 11.2. The van der Waals surface area contributed by atoms with Crippen LogP contribution < -0.4 is 0 Å². The Balaban J connectivity index is 3.06. The fourth-order valence-electron chi connectivity index (χ4n) is 4.00. The number of carbonyl (C=O) groups excluding carboxylic acids is 1. The molecule has 0 saturated carbocycles. The second kappa shape index (κ2) is 46.0. The molecule has 0 unspecified atom stereocenters. The van der Waals surface area contributed by atoms with Gasteiger partial charge in [0.25, 0.3) is 0 Å². The maximum Gasteiger partial charge on any atom is 0.305 e. The van der Waals surface area contributed by atoms with Crippen LogP contribution in [0.1, 0.15) is 65.2 Å². The lowest BCUT2D eigenvalue weighted by Crippen LogP contribution is -2.15. The van der Waals surface area contributed by atoms with E-state index in [1.54, 1.807) is 0 Å². The maximum atomic E-state index is 11.2. The molecule has 0 aliphatic carbocycles. The molecule has 0 aliphatic heterocycles. The molecule has 50 heavy (non-hydrogen) atoms. The van der Waals surface area contributed by atoms with Gasteiger partial charge in [-0.2, -0.15) is 0 Å². The normalized spacial score (nSPS) is 11.5. The summed E-state index contributed by atoms with van der Waals surface area (Å²) >= 11 is 0. The first-order valence-corrected chi connectivity index (χ1v) is 18.9. The first kappa shape index (κ1) is 49.0. The minimum absolute atomic E-state index is 0.188. The van der Waals surface area contributed by atoms with Crippen molar-refractivity contribution in [3.05, 3.63) is 0 Å². The number of ether oxygens (including phenoxy) is 13. The van der Waals surface area contributed by atoms with Crippen LogP contribution in [-0.4, -0.2) is 171 Å². The van der Waals surface area contributed by atoms with E-state index in [1.165, 1.54) is 32.1 Å². The van der Waals surface area contributed by atoms with Gasteiger partial charge >= 0.3 is 5.97 Å². The highest BCUT2D eigenvalue weighted by Gasteiger charge is 2.00. The zero-order valence-electron chi connectivity index (χ0n) is 31.5. The molecule has 0 bridgehead atoms. The minimum atomic E-state index is -0.188. The van der Waals surface area contributed by atoms with E-state index in [1.807, 2.05) is 6.92 Å². The van der Waals surface area contributed by atoms with E-state index >= 15 is 0 Å². The molecule has 0 aromatic rings. The molecule has 0 radical (unpaired) electrons. The Morgan fingerprint density at radius 3 is 0.800 bits per heavy atom. The van der Waals surface area contributed by atoms with Gasteiger partial charge < -0.3 is 61.6 Å². The van der Waals surface area contributed by atoms with Crippen molar-refractivity contribution in [1.82, 2.24) is 0 Å². The lowest BCUT2D eigenvalue weighted by Gasteiger charge is -2.09. The summed E-state index contributed by atoms with van der Waals surface area (Å²) in [7, 11) is 0. The lowest BCUT2D eigenvalue weighted by atomic mass is 10.1. The average molecular weight is 729 g/mol. The topological polar surface area (TPSA) is 137 Å². The largest absolute Gasteiger partial charge is 0.463 e. The van der Waals surface area contributed by atoms with E-state index in [2.05, 4.69) is 6.92 Å². The number of esters is 1. The summed E-state index contributed by atoms with van der Waals surface area (Å²) in [6.07, 6.45) is 8.89. The van der Waals surface area contributed by atoms with Crippen molar-refractivity contribution >= 4 is 5.97 Å². The van der Waals surface area contributed by atoms with Crippen molar-refractivity contribution in [2.75, 3.05) is 165 Å². The zero-order valence-corrected chi connectivity index (χ0v) is 31.5. The molecule has 0 fully saturated rings. The zero-order chi connectivity index (χ0) is 36.1. The van der Waals surface area contributed by atoms with Crippen LogP contribution in [0.2, 0.25) is 0 Å². The van der Waals surface area contributed by atoms with Crippen LogP contribution in [0.25, 0.3) is 0 Å². The molecule has 0 spiro atoms. The van der Waals surface area contributed by atoms with Gasteiger partial charge in [0.1, 0.15) is 6.61 Å². The number of rotatable bonds is 45. The molecule has 300 valence electrons. The molecule has 0 atom stereocenters. The van der Waals surface area contributed by atoms with Crippen molar-refractivity contribution < 1.29 is 66.4 Å². The van der Waals surface area contributed by atoms with Gasteiger partial charge in [-0.3, -0.25) is 4.79 Å². The van der Waals surface area contributed by atoms with Crippen molar-refractivity contribution in [2.45, 2.75) is 65.2 Å². The Kier molecular flexibility index (Phi) is 45.1. The Labute approximate surface area is 302 Å². The molecular formula is C36H72O14.